The van der Waals surface area contributed by atoms with Crippen LogP contribution in [-0.2, 0) is 27.8 Å². The maximum Gasteiger partial charge on any atom is 0.307 e. The zero-order chi connectivity index (χ0) is 25.7. The summed E-state index contributed by atoms with van der Waals surface area (Å²) in [6, 6.07) is 21.3. The summed E-state index contributed by atoms with van der Waals surface area (Å²) in [6.45, 7) is 1.90. The lowest BCUT2D eigenvalue weighted by molar-refractivity contribution is -0.154. The number of para-hydroxylation sites is 1. The van der Waals surface area contributed by atoms with Crippen LogP contribution in [0.25, 0.3) is 10.9 Å². The number of nitrogens with one attached hydrogen (secondary N) is 1. The van der Waals surface area contributed by atoms with Gasteiger partial charge in [-0.25, -0.2) is 4.98 Å². The molecule has 0 spiro atoms. The van der Waals surface area contributed by atoms with E-state index in [1.165, 1.54) is 11.7 Å². The van der Waals surface area contributed by atoms with Gasteiger partial charge >= 0.3 is 5.97 Å². The molecule has 1 atom stereocenters. The molecule has 0 bridgehead atoms. The number of nitrogens with zero attached hydrogens (tertiary/aromatic N) is 2. The van der Waals surface area contributed by atoms with Crippen LogP contribution in [0.4, 0.5) is 5.69 Å². The van der Waals surface area contributed by atoms with Gasteiger partial charge in [0, 0.05) is 19.0 Å². The Kier molecular flexibility index (Phi) is 7.44. The van der Waals surface area contributed by atoms with Crippen molar-refractivity contribution < 1.29 is 19.1 Å². The van der Waals surface area contributed by atoms with Crippen molar-refractivity contribution in [2.45, 2.75) is 25.9 Å². The lowest BCUT2D eigenvalue weighted by Gasteiger charge is -2.19. The zero-order valence-corrected chi connectivity index (χ0v) is 20.4. The number of carbonyl (C=O) groups excluding carboxylic acids is 2. The third-order valence-corrected chi connectivity index (χ3v) is 5.83. The first kappa shape index (κ1) is 24.7. The summed E-state index contributed by atoms with van der Waals surface area (Å²) in [5.41, 5.74) is 2.34. The molecule has 1 unspecified atom stereocenters. The van der Waals surface area contributed by atoms with Crippen molar-refractivity contribution in [3.05, 3.63) is 100 Å². The predicted molar refractivity (Wildman–Crippen MR) is 137 cm³/mol. The van der Waals surface area contributed by atoms with Crippen molar-refractivity contribution in [2.24, 2.45) is 7.05 Å². The van der Waals surface area contributed by atoms with Gasteiger partial charge in [-0.15, -0.1) is 0 Å². The first-order valence-corrected chi connectivity index (χ1v) is 11.5. The molecule has 1 N–H and O–H groups in total. The Hall–Kier alpha value is -4.46. The van der Waals surface area contributed by atoms with Gasteiger partial charge in [-0.3, -0.25) is 19.0 Å². The van der Waals surface area contributed by atoms with Crippen LogP contribution in [0.2, 0.25) is 0 Å². The molecule has 8 nitrogen and oxygen atoms in total. The average molecular weight is 486 g/mol. The van der Waals surface area contributed by atoms with Gasteiger partial charge in [-0.1, -0.05) is 48.5 Å². The summed E-state index contributed by atoms with van der Waals surface area (Å²) in [6.07, 6.45) is -1.04. The minimum Gasteiger partial charge on any atom is -0.495 e. The van der Waals surface area contributed by atoms with Crippen LogP contribution in [0.3, 0.4) is 0 Å². The molecule has 0 aliphatic rings. The summed E-state index contributed by atoms with van der Waals surface area (Å²) in [4.78, 5) is 43.3. The van der Waals surface area contributed by atoms with E-state index in [1.54, 1.807) is 67.7 Å². The Labute approximate surface area is 208 Å². The highest BCUT2D eigenvalue weighted by molar-refractivity contribution is 5.97. The Bertz CT molecular complexity index is 1460. The number of hydrogen-bond donors (Lipinski definition) is 1. The smallest absolute Gasteiger partial charge is 0.307 e. The third kappa shape index (κ3) is 5.43. The van der Waals surface area contributed by atoms with Gasteiger partial charge in [-0.05, 0) is 36.8 Å². The number of anilines is 1. The van der Waals surface area contributed by atoms with Crippen molar-refractivity contribution >= 4 is 28.5 Å². The SMILES string of the molecule is COc1ccc(C)cc1NC(=O)C(OC(=O)CCc1nc2ccccc2c(=O)n1C)c1ccccc1. The molecular formula is C28H27N3O5. The normalized spacial score (nSPS) is 11.6. The molecule has 1 heterocycles. The molecular weight excluding hydrogens is 458 g/mol. The second-order valence-electron chi connectivity index (χ2n) is 8.38. The number of ether oxygens (including phenoxy) is 2. The van der Waals surface area contributed by atoms with Gasteiger partial charge in [-0.2, -0.15) is 0 Å². The average Bonchev–Trinajstić information content (AvgIpc) is 2.89. The maximum absolute atomic E-state index is 13.2. The van der Waals surface area contributed by atoms with Crippen molar-refractivity contribution in [2.75, 3.05) is 12.4 Å². The second-order valence-corrected chi connectivity index (χ2v) is 8.38. The minimum atomic E-state index is -1.17. The molecule has 0 saturated heterocycles. The Balaban J connectivity index is 1.52. The van der Waals surface area contributed by atoms with Gasteiger partial charge < -0.3 is 14.8 Å². The summed E-state index contributed by atoms with van der Waals surface area (Å²) < 4.78 is 12.4. The second kappa shape index (κ2) is 10.9. The van der Waals surface area contributed by atoms with Crippen LogP contribution < -0.4 is 15.6 Å². The highest BCUT2D eigenvalue weighted by Crippen LogP contribution is 2.28. The van der Waals surface area contributed by atoms with Crippen molar-refractivity contribution in [3.8, 4) is 5.75 Å². The van der Waals surface area contributed by atoms with E-state index in [9.17, 15) is 14.4 Å². The first-order valence-electron chi connectivity index (χ1n) is 11.5. The molecule has 4 aromatic rings. The molecule has 0 fully saturated rings. The molecule has 3 aromatic carbocycles. The van der Waals surface area contributed by atoms with Gasteiger partial charge in [0.05, 0.1) is 30.1 Å². The molecule has 0 aliphatic carbocycles. The van der Waals surface area contributed by atoms with Crippen molar-refractivity contribution in [3.63, 3.8) is 0 Å². The van der Waals surface area contributed by atoms with Crippen LogP contribution in [-0.4, -0.2) is 28.5 Å². The largest absolute Gasteiger partial charge is 0.495 e. The van der Waals surface area contributed by atoms with Crippen LogP contribution in [0.15, 0.2) is 77.6 Å². The fraction of sp³-hybridized carbons (Fsp3) is 0.214. The number of esters is 1. The number of benzene rings is 3. The Morgan fingerprint density at radius 3 is 2.50 bits per heavy atom. The quantitative estimate of drug-likeness (QED) is 0.377. The van der Waals surface area contributed by atoms with Crippen molar-refractivity contribution in [1.29, 1.82) is 0 Å². The number of carbonyl (C=O) groups is 2. The fourth-order valence-electron chi connectivity index (χ4n) is 3.91. The fourth-order valence-corrected chi connectivity index (χ4v) is 3.91. The summed E-state index contributed by atoms with van der Waals surface area (Å²) in [5.74, 6) is -0.136. The molecule has 8 heteroatoms. The van der Waals surface area contributed by atoms with Crippen LogP contribution in [0.5, 0.6) is 5.75 Å². The molecule has 36 heavy (non-hydrogen) atoms. The third-order valence-electron chi connectivity index (χ3n) is 5.83. The van der Waals surface area contributed by atoms with E-state index >= 15 is 0 Å². The van der Waals surface area contributed by atoms with Gasteiger partial charge in [0.2, 0.25) is 6.10 Å². The van der Waals surface area contributed by atoms with Gasteiger partial charge in [0.1, 0.15) is 11.6 Å². The Morgan fingerprint density at radius 2 is 1.75 bits per heavy atom. The molecule has 0 saturated carbocycles. The highest BCUT2D eigenvalue weighted by atomic mass is 16.5. The van der Waals surface area contributed by atoms with Crippen LogP contribution in [0, 0.1) is 6.92 Å². The van der Waals surface area contributed by atoms with E-state index in [4.69, 9.17) is 9.47 Å². The van der Waals surface area contributed by atoms with E-state index in [2.05, 4.69) is 10.3 Å². The van der Waals surface area contributed by atoms with E-state index in [0.29, 0.717) is 33.7 Å². The number of aromatic nitrogens is 2. The highest BCUT2D eigenvalue weighted by Gasteiger charge is 2.26. The van der Waals surface area contributed by atoms with E-state index < -0.39 is 18.0 Å². The minimum absolute atomic E-state index is 0.0526. The summed E-state index contributed by atoms with van der Waals surface area (Å²) >= 11 is 0. The Morgan fingerprint density at radius 1 is 1.03 bits per heavy atom. The predicted octanol–water partition coefficient (Wildman–Crippen LogP) is 4.11. The zero-order valence-electron chi connectivity index (χ0n) is 20.4. The first-order chi connectivity index (χ1) is 17.4. The van der Waals surface area contributed by atoms with E-state index in [1.807, 2.05) is 19.1 Å². The number of aryl methyl sites for hydroxylation is 2. The van der Waals surface area contributed by atoms with Crippen molar-refractivity contribution in [1.82, 2.24) is 9.55 Å². The number of methoxy groups -OCH3 is 1. The van der Waals surface area contributed by atoms with Gasteiger partial charge in [0.25, 0.3) is 11.5 Å². The van der Waals surface area contributed by atoms with E-state index in [-0.39, 0.29) is 18.4 Å². The topological polar surface area (TPSA) is 99.5 Å². The molecule has 1 aromatic heterocycles. The maximum atomic E-state index is 13.2. The number of amides is 1. The number of fused-ring (bicyclic) bond motifs is 1. The van der Waals surface area contributed by atoms with Crippen LogP contribution >= 0.6 is 0 Å². The molecule has 0 aliphatic heterocycles. The van der Waals surface area contributed by atoms with Crippen LogP contribution in [0.1, 0.15) is 29.5 Å². The summed E-state index contributed by atoms with van der Waals surface area (Å²) in [7, 11) is 3.14. The van der Waals surface area contributed by atoms with Gasteiger partial charge in [0.15, 0.2) is 0 Å². The lowest BCUT2D eigenvalue weighted by Crippen LogP contribution is -2.27. The standard InChI is InChI=1S/C28H27N3O5/c1-18-13-14-23(35-3)22(17-18)30-27(33)26(19-9-5-4-6-10-19)36-25(32)16-15-24-29-21-12-8-7-11-20(21)28(34)31(24)2/h4-14,17,26H,15-16H2,1-3H3,(H,30,33). The molecule has 0 radical (unpaired) electrons. The number of rotatable bonds is 8. The molecule has 184 valence electrons. The molecule has 1 amide bonds. The molecule has 4 rings (SSSR count). The number of hydrogen-bond acceptors (Lipinski definition) is 6. The van der Waals surface area contributed by atoms with E-state index in [0.717, 1.165) is 5.56 Å². The monoisotopic (exact) mass is 485 g/mol. The summed E-state index contributed by atoms with van der Waals surface area (Å²) in [5, 5.41) is 3.33. The lowest BCUT2D eigenvalue weighted by atomic mass is 10.1.